The molecule has 0 aliphatic heterocycles. The molecule has 1 aromatic rings. The average molecular weight is 292 g/mol. The number of hydrogen-bond acceptors (Lipinski definition) is 3. The summed E-state index contributed by atoms with van der Waals surface area (Å²) in [6.45, 7) is 6.26. The average Bonchev–Trinajstić information content (AvgIpc) is 2.25. The van der Waals surface area contributed by atoms with Gasteiger partial charge in [-0.2, -0.15) is 0 Å². The van der Waals surface area contributed by atoms with Crippen LogP contribution in [0.25, 0.3) is 0 Å². The van der Waals surface area contributed by atoms with Crippen molar-refractivity contribution in [3.05, 3.63) is 22.8 Å². The van der Waals surface area contributed by atoms with Crippen LogP contribution >= 0.6 is 11.6 Å². The molecule has 0 unspecified atom stereocenters. The Morgan fingerprint density at radius 1 is 1.37 bits per heavy atom. The van der Waals surface area contributed by atoms with Gasteiger partial charge in [0.15, 0.2) is 0 Å². The van der Waals surface area contributed by atoms with Gasteiger partial charge in [0.1, 0.15) is 5.82 Å². The molecule has 108 valence electrons. The molecular formula is C13H20ClF2N3. The van der Waals surface area contributed by atoms with E-state index in [1.165, 1.54) is 4.90 Å². The van der Waals surface area contributed by atoms with Crippen molar-refractivity contribution in [1.29, 1.82) is 0 Å². The number of hydrogen-bond donors (Lipinski definition) is 1. The van der Waals surface area contributed by atoms with Gasteiger partial charge in [-0.1, -0.05) is 11.6 Å². The summed E-state index contributed by atoms with van der Waals surface area (Å²) in [7, 11) is 1.59. The van der Waals surface area contributed by atoms with Gasteiger partial charge in [0.05, 0.1) is 17.3 Å². The molecule has 1 N–H and O–H groups in total. The SMILES string of the molecule is CN(CC(F)F)c1ccc(Cl)c(CNC(C)(C)C)n1. The molecule has 0 spiro atoms. The minimum Gasteiger partial charge on any atom is -0.354 e. The second-order valence-electron chi connectivity index (χ2n) is 5.47. The molecule has 0 fully saturated rings. The number of nitrogens with one attached hydrogen (secondary N) is 1. The van der Waals surface area contributed by atoms with Crippen LogP contribution in [0.1, 0.15) is 26.5 Å². The van der Waals surface area contributed by atoms with Crippen molar-refractivity contribution >= 4 is 17.4 Å². The van der Waals surface area contributed by atoms with Crippen molar-refractivity contribution in [2.45, 2.75) is 39.3 Å². The Labute approximate surface area is 118 Å². The van der Waals surface area contributed by atoms with Crippen molar-refractivity contribution in [3.8, 4) is 0 Å². The Kier molecular flexibility index (Phi) is 5.50. The van der Waals surface area contributed by atoms with Crippen LogP contribution < -0.4 is 10.2 Å². The first-order valence-corrected chi connectivity index (χ1v) is 6.46. The third-order valence-corrected chi connectivity index (χ3v) is 2.84. The van der Waals surface area contributed by atoms with Crippen LogP contribution in [0, 0.1) is 0 Å². The molecular weight excluding hydrogens is 272 g/mol. The highest BCUT2D eigenvalue weighted by Gasteiger charge is 2.14. The fourth-order valence-corrected chi connectivity index (χ4v) is 1.63. The predicted molar refractivity (Wildman–Crippen MR) is 75.1 cm³/mol. The van der Waals surface area contributed by atoms with Crippen molar-refractivity contribution < 1.29 is 8.78 Å². The Morgan fingerprint density at radius 2 is 2.00 bits per heavy atom. The number of alkyl halides is 2. The third kappa shape index (κ3) is 5.70. The van der Waals surface area contributed by atoms with E-state index >= 15 is 0 Å². The van der Waals surface area contributed by atoms with E-state index < -0.39 is 6.43 Å². The molecule has 1 rings (SSSR count). The topological polar surface area (TPSA) is 28.2 Å². The highest BCUT2D eigenvalue weighted by molar-refractivity contribution is 6.31. The normalized spacial score (nSPS) is 12.0. The molecule has 19 heavy (non-hydrogen) atoms. The van der Waals surface area contributed by atoms with E-state index in [0.29, 0.717) is 23.1 Å². The highest BCUT2D eigenvalue weighted by atomic mass is 35.5. The van der Waals surface area contributed by atoms with Crippen LogP contribution in [0.5, 0.6) is 0 Å². The first-order valence-electron chi connectivity index (χ1n) is 6.09. The van der Waals surface area contributed by atoms with E-state index in [-0.39, 0.29) is 12.1 Å². The Morgan fingerprint density at radius 3 is 2.53 bits per heavy atom. The second kappa shape index (κ2) is 6.48. The minimum atomic E-state index is -2.39. The van der Waals surface area contributed by atoms with Crippen LogP contribution in [0.4, 0.5) is 14.6 Å². The third-order valence-electron chi connectivity index (χ3n) is 2.49. The summed E-state index contributed by atoms with van der Waals surface area (Å²) in [5, 5.41) is 3.81. The lowest BCUT2D eigenvalue weighted by Gasteiger charge is -2.22. The zero-order chi connectivity index (χ0) is 14.6. The summed E-state index contributed by atoms with van der Waals surface area (Å²) >= 11 is 6.07. The van der Waals surface area contributed by atoms with Gasteiger partial charge < -0.3 is 10.2 Å². The fraction of sp³-hybridized carbons (Fsp3) is 0.615. The molecule has 0 aromatic carbocycles. The van der Waals surface area contributed by atoms with Crippen LogP contribution in [0.2, 0.25) is 5.02 Å². The van der Waals surface area contributed by atoms with Gasteiger partial charge in [-0.15, -0.1) is 0 Å². The molecule has 0 aliphatic rings. The molecule has 3 nitrogen and oxygen atoms in total. The lowest BCUT2D eigenvalue weighted by atomic mass is 10.1. The smallest absolute Gasteiger partial charge is 0.255 e. The standard InChI is InChI=1S/C13H20ClF2N3/c1-13(2,3)17-7-10-9(14)5-6-12(18-10)19(4)8-11(15)16/h5-6,11,17H,7-8H2,1-4H3. The number of halogens is 3. The quantitative estimate of drug-likeness (QED) is 0.902. The van der Waals surface area contributed by atoms with Crippen LogP contribution in [-0.2, 0) is 6.54 Å². The summed E-state index contributed by atoms with van der Waals surface area (Å²) < 4.78 is 24.7. The van der Waals surface area contributed by atoms with Crippen molar-refractivity contribution in [1.82, 2.24) is 10.3 Å². The van der Waals surface area contributed by atoms with Crippen LogP contribution in [0.15, 0.2) is 12.1 Å². The van der Waals surface area contributed by atoms with Gasteiger partial charge in [0.2, 0.25) is 0 Å². The number of pyridine rings is 1. The minimum absolute atomic E-state index is 0.0596. The second-order valence-corrected chi connectivity index (χ2v) is 5.88. The first-order chi connectivity index (χ1) is 8.69. The molecule has 1 aromatic heterocycles. The summed E-state index contributed by atoms with van der Waals surface area (Å²) in [5.74, 6) is 0.496. The molecule has 0 radical (unpaired) electrons. The molecule has 0 aliphatic carbocycles. The van der Waals surface area contributed by atoms with E-state index in [1.807, 2.05) is 20.8 Å². The number of nitrogens with zero attached hydrogens (tertiary/aromatic N) is 2. The van der Waals surface area contributed by atoms with Crippen molar-refractivity contribution in [2.24, 2.45) is 0 Å². The maximum Gasteiger partial charge on any atom is 0.255 e. The van der Waals surface area contributed by atoms with Gasteiger partial charge in [0, 0.05) is 19.1 Å². The van der Waals surface area contributed by atoms with Crippen molar-refractivity contribution in [3.63, 3.8) is 0 Å². The lowest BCUT2D eigenvalue weighted by molar-refractivity contribution is 0.156. The van der Waals surface area contributed by atoms with Gasteiger partial charge in [-0.05, 0) is 32.9 Å². The fourth-order valence-electron chi connectivity index (χ4n) is 1.46. The monoisotopic (exact) mass is 291 g/mol. The zero-order valence-electron chi connectivity index (χ0n) is 11.7. The molecule has 0 saturated heterocycles. The summed E-state index contributed by atoms with van der Waals surface area (Å²) in [6, 6.07) is 3.33. The first kappa shape index (κ1) is 16.1. The summed E-state index contributed by atoms with van der Waals surface area (Å²) in [4.78, 5) is 5.74. The van der Waals surface area contributed by atoms with Crippen LogP contribution in [0.3, 0.4) is 0 Å². The maximum absolute atomic E-state index is 12.3. The predicted octanol–water partition coefficient (Wildman–Crippen LogP) is 3.32. The number of rotatable bonds is 5. The molecule has 0 amide bonds. The Hall–Kier alpha value is -0.940. The van der Waals surface area contributed by atoms with Gasteiger partial charge in [0.25, 0.3) is 6.43 Å². The largest absolute Gasteiger partial charge is 0.354 e. The molecule has 0 bridgehead atoms. The maximum atomic E-state index is 12.3. The van der Waals surface area contributed by atoms with E-state index in [0.717, 1.165) is 0 Å². The van der Waals surface area contributed by atoms with Gasteiger partial charge in [-0.3, -0.25) is 0 Å². The molecule has 6 heteroatoms. The summed E-state index contributed by atoms with van der Waals surface area (Å²) in [5.41, 5.74) is 0.603. The lowest BCUT2D eigenvalue weighted by Crippen LogP contribution is -2.35. The zero-order valence-corrected chi connectivity index (χ0v) is 12.4. The van der Waals surface area contributed by atoms with Gasteiger partial charge >= 0.3 is 0 Å². The van der Waals surface area contributed by atoms with E-state index in [1.54, 1.807) is 19.2 Å². The number of aromatic nitrogens is 1. The van der Waals surface area contributed by atoms with E-state index in [9.17, 15) is 8.78 Å². The highest BCUT2D eigenvalue weighted by Crippen LogP contribution is 2.19. The number of anilines is 1. The van der Waals surface area contributed by atoms with Gasteiger partial charge in [-0.25, -0.2) is 13.8 Å². The molecule has 1 heterocycles. The van der Waals surface area contributed by atoms with Crippen LogP contribution in [-0.4, -0.2) is 30.5 Å². The molecule has 0 saturated carbocycles. The van der Waals surface area contributed by atoms with Crippen molar-refractivity contribution in [2.75, 3.05) is 18.5 Å². The van der Waals surface area contributed by atoms with E-state index in [4.69, 9.17) is 11.6 Å². The Balaban J connectivity index is 2.82. The Bertz CT molecular complexity index is 419. The summed E-state index contributed by atoms with van der Waals surface area (Å²) in [6.07, 6.45) is -2.39. The van der Waals surface area contributed by atoms with E-state index in [2.05, 4.69) is 10.3 Å². The molecule has 0 atom stereocenters.